The van der Waals surface area contributed by atoms with Gasteiger partial charge in [-0.3, -0.25) is 4.98 Å². The number of aromatic nitrogens is 5. The van der Waals surface area contributed by atoms with Crippen molar-refractivity contribution in [3.63, 3.8) is 0 Å². The lowest BCUT2D eigenvalue weighted by molar-refractivity contribution is 0.0170. The second kappa shape index (κ2) is 15.4. The topological polar surface area (TPSA) is 170 Å². The number of ether oxygens (including phenoxy) is 2. The van der Waals surface area contributed by atoms with Crippen LogP contribution in [0, 0.1) is 19.8 Å². The number of fused-ring (bicyclic) bond motifs is 1. The second-order valence-electron chi connectivity index (χ2n) is 15.4. The summed E-state index contributed by atoms with van der Waals surface area (Å²) in [7, 11) is -2.25. The van der Waals surface area contributed by atoms with E-state index in [1.54, 1.807) is 6.07 Å². The lowest BCUT2D eigenvalue weighted by Gasteiger charge is -2.28. The van der Waals surface area contributed by atoms with Gasteiger partial charge >= 0.3 is 5.97 Å². The third kappa shape index (κ3) is 8.56. The van der Waals surface area contributed by atoms with Crippen LogP contribution in [-0.2, 0) is 27.2 Å². The van der Waals surface area contributed by atoms with Gasteiger partial charge in [-0.2, -0.15) is 4.98 Å². The van der Waals surface area contributed by atoms with Crippen molar-refractivity contribution >= 4 is 33.1 Å². The molecule has 13 nitrogen and oxygen atoms in total. The number of carbonyl (C=O) groups is 1. The van der Waals surface area contributed by atoms with Crippen molar-refractivity contribution in [2.75, 3.05) is 17.9 Å². The summed E-state index contributed by atoms with van der Waals surface area (Å²) in [4.78, 5) is 30.3. The van der Waals surface area contributed by atoms with Gasteiger partial charge in [0.15, 0.2) is 5.65 Å². The number of aryl methyl sites for hydroxylation is 3. The van der Waals surface area contributed by atoms with Crippen LogP contribution in [0.2, 0.25) is 0 Å². The lowest BCUT2D eigenvalue weighted by Crippen LogP contribution is -2.45. The van der Waals surface area contributed by atoms with Crippen LogP contribution in [0.15, 0.2) is 65.7 Å². The molecule has 6 rings (SSSR count). The summed E-state index contributed by atoms with van der Waals surface area (Å²) in [5.41, 5.74) is 6.55. The number of hydrogen-bond donors (Lipinski definition) is 3. The third-order valence-electron chi connectivity index (χ3n) is 9.65. The minimum Gasteiger partial charge on any atom is -0.478 e. The zero-order valence-electron chi connectivity index (χ0n) is 32.0. The van der Waals surface area contributed by atoms with Crippen LogP contribution < -0.4 is 14.8 Å². The molecule has 5 aromatic rings. The van der Waals surface area contributed by atoms with Crippen molar-refractivity contribution in [2.24, 2.45) is 13.0 Å². The van der Waals surface area contributed by atoms with Crippen LogP contribution in [0.25, 0.3) is 22.4 Å². The fraction of sp³-hybridized carbons (Fsp3) is 0.425. The highest BCUT2D eigenvalue weighted by Crippen LogP contribution is 2.32. The number of aromatic carboxylic acids is 1. The van der Waals surface area contributed by atoms with Crippen LogP contribution in [0.4, 0.5) is 5.95 Å². The first-order chi connectivity index (χ1) is 25.5. The average molecular weight is 756 g/mol. The molecule has 0 bridgehead atoms. The van der Waals surface area contributed by atoms with Gasteiger partial charge in [0.1, 0.15) is 12.1 Å². The number of anilines is 1. The van der Waals surface area contributed by atoms with Crippen LogP contribution in [0.3, 0.4) is 0 Å². The Kier molecular flexibility index (Phi) is 11.1. The summed E-state index contributed by atoms with van der Waals surface area (Å²) in [6, 6.07) is 14.3. The molecule has 54 heavy (non-hydrogen) atoms. The van der Waals surface area contributed by atoms with E-state index in [2.05, 4.69) is 65.3 Å². The van der Waals surface area contributed by atoms with Crippen molar-refractivity contribution in [1.29, 1.82) is 0 Å². The van der Waals surface area contributed by atoms with E-state index in [9.17, 15) is 18.3 Å². The predicted octanol–water partition coefficient (Wildman–Crippen LogP) is 6.75. The van der Waals surface area contributed by atoms with Crippen LogP contribution in [0.5, 0.6) is 5.88 Å². The highest BCUT2D eigenvalue weighted by molar-refractivity contribution is 7.92. The maximum atomic E-state index is 13.5. The molecule has 0 spiro atoms. The number of sulfonamides is 1. The van der Waals surface area contributed by atoms with Gasteiger partial charge in [0.25, 0.3) is 10.0 Å². The fourth-order valence-electron chi connectivity index (χ4n) is 7.01. The van der Waals surface area contributed by atoms with Crippen LogP contribution in [-0.4, -0.2) is 69.4 Å². The standard InChI is InChI=1S/C40H49N7O6S/c1-23(2)17-33-32(42-28(15-16-52-33)31-21-41-30-19-34(40(5,6)7)47(8)37(30)43-31)22-53-35-20-29(36-24(3)11-9-12-25(36)4)44-39(45-35)46-54(50,51)27-14-10-13-26(18-27)38(48)49/h9-14,18-21,23,28,32-33,42H,15-17,22H2,1-8H3,(H,48,49)(H,44,45,46)/t28-,32+,33+/m1/s1. The largest absolute Gasteiger partial charge is 0.478 e. The van der Waals surface area contributed by atoms with Crippen LogP contribution >= 0.6 is 0 Å². The van der Waals surface area contributed by atoms with E-state index in [1.807, 2.05) is 45.3 Å². The molecule has 0 saturated carbocycles. The quantitative estimate of drug-likeness (QED) is 0.130. The predicted molar refractivity (Wildman–Crippen MR) is 207 cm³/mol. The molecule has 1 saturated heterocycles. The molecule has 3 aromatic heterocycles. The fourth-order valence-corrected chi connectivity index (χ4v) is 8.00. The molecule has 4 heterocycles. The van der Waals surface area contributed by atoms with Gasteiger partial charge in [-0.25, -0.2) is 27.9 Å². The summed E-state index contributed by atoms with van der Waals surface area (Å²) in [6.45, 7) is 15.4. The van der Waals surface area contributed by atoms with E-state index < -0.39 is 16.0 Å². The minimum absolute atomic E-state index is 0.0675. The highest BCUT2D eigenvalue weighted by atomic mass is 32.2. The first-order valence-corrected chi connectivity index (χ1v) is 19.6. The number of nitrogens with one attached hydrogen (secondary N) is 2. The Labute approximate surface area is 316 Å². The maximum absolute atomic E-state index is 13.5. The summed E-state index contributed by atoms with van der Waals surface area (Å²) in [5, 5.41) is 13.2. The van der Waals surface area contributed by atoms with E-state index >= 15 is 0 Å². The number of benzene rings is 2. The molecule has 14 heteroatoms. The zero-order valence-corrected chi connectivity index (χ0v) is 32.9. The van der Waals surface area contributed by atoms with E-state index in [-0.39, 0.29) is 52.5 Å². The molecule has 3 N–H and O–H groups in total. The molecular formula is C40H49N7O6S. The molecule has 3 atom stereocenters. The second-order valence-corrected chi connectivity index (χ2v) is 17.1. The Morgan fingerprint density at radius 2 is 1.80 bits per heavy atom. The molecule has 0 amide bonds. The minimum atomic E-state index is -4.27. The molecule has 2 aromatic carbocycles. The zero-order chi connectivity index (χ0) is 38.9. The van der Waals surface area contributed by atoms with Crippen molar-refractivity contribution in [3.05, 3.63) is 88.9 Å². The lowest BCUT2D eigenvalue weighted by atomic mass is 9.92. The molecule has 1 fully saturated rings. The van der Waals surface area contributed by atoms with Crippen molar-refractivity contribution < 1.29 is 27.8 Å². The van der Waals surface area contributed by atoms with Crippen molar-refractivity contribution in [2.45, 2.75) is 89.8 Å². The normalized spacial score (nSPS) is 18.1. The van der Waals surface area contributed by atoms with E-state index in [0.29, 0.717) is 24.6 Å². The molecule has 1 aliphatic heterocycles. The Bertz CT molecular complexity index is 2260. The van der Waals surface area contributed by atoms with Gasteiger partial charge < -0.3 is 24.5 Å². The average Bonchev–Trinajstić information content (AvgIpc) is 3.31. The molecule has 0 unspecified atom stereocenters. The van der Waals surface area contributed by atoms with Gasteiger partial charge in [0.05, 0.1) is 46.2 Å². The van der Waals surface area contributed by atoms with E-state index in [1.165, 1.54) is 18.2 Å². The van der Waals surface area contributed by atoms with E-state index in [4.69, 9.17) is 19.4 Å². The Morgan fingerprint density at radius 1 is 1.07 bits per heavy atom. The van der Waals surface area contributed by atoms with Gasteiger partial charge in [-0.15, -0.1) is 0 Å². The smallest absolute Gasteiger partial charge is 0.335 e. The summed E-state index contributed by atoms with van der Waals surface area (Å²) < 4.78 is 44.5. The number of rotatable bonds is 11. The van der Waals surface area contributed by atoms with Gasteiger partial charge in [0, 0.05) is 36.4 Å². The first-order valence-electron chi connectivity index (χ1n) is 18.2. The Morgan fingerprint density at radius 3 is 2.48 bits per heavy atom. The number of carboxylic acids is 1. The van der Waals surface area contributed by atoms with Gasteiger partial charge in [-0.1, -0.05) is 58.9 Å². The highest BCUT2D eigenvalue weighted by Gasteiger charge is 2.32. The Hall–Kier alpha value is -4.92. The SMILES string of the molecule is Cc1cccc(C)c1-c1cc(OC[C@@H]2N[C@@H](c3cnc4cc(C(C)(C)C)n(C)c4n3)CCO[C@H]2CC(C)C)nc(NS(=O)(=O)c2cccc(C(=O)O)c2)n1. The summed E-state index contributed by atoms with van der Waals surface area (Å²) in [5.74, 6) is -0.951. The monoisotopic (exact) mass is 755 g/mol. The molecular weight excluding hydrogens is 707 g/mol. The summed E-state index contributed by atoms with van der Waals surface area (Å²) >= 11 is 0. The van der Waals surface area contributed by atoms with Crippen molar-refractivity contribution in [1.82, 2.24) is 29.8 Å². The molecule has 286 valence electrons. The number of hydrogen-bond acceptors (Lipinski definition) is 10. The van der Waals surface area contributed by atoms with E-state index in [0.717, 1.165) is 51.7 Å². The molecule has 1 aliphatic rings. The first kappa shape index (κ1) is 38.8. The van der Waals surface area contributed by atoms with Crippen LogP contribution in [0.1, 0.15) is 86.4 Å². The number of carboxylic acid groups (broad SMARTS) is 1. The third-order valence-corrected chi connectivity index (χ3v) is 11.0. The molecule has 0 aliphatic carbocycles. The maximum Gasteiger partial charge on any atom is 0.335 e. The molecule has 0 radical (unpaired) electrons. The van der Waals surface area contributed by atoms with Gasteiger partial charge in [-0.05, 0) is 68.0 Å². The van der Waals surface area contributed by atoms with Crippen molar-refractivity contribution in [3.8, 4) is 17.1 Å². The number of nitrogens with zero attached hydrogens (tertiary/aromatic N) is 5. The summed E-state index contributed by atoms with van der Waals surface area (Å²) in [6.07, 6.45) is 3.11. The Balaban J connectivity index is 1.33. The van der Waals surface area contributed by atoms with Gasteiger partial charge in [0.2, 0.25) is 11.8 Å².